The zero-order chi connectivity index (χ0) is 21.2. The Morgan fingerprint density at radius 1 is 1.03 bits per heavy atom. The number of amides is 2. The fourth-order valence-corrected chi connectivity index (χ4v) is 3.53. The van der Waals surface area contributed by atoms with Crippen molar-refractivity contribution in [2.75, 3.05) is 18.4 Å². The topological polar surface area (TPSA) is 49.4 Å². The summed E-state index contributed by atoms with van der Waals surface area (Å²) in [5.74, 6) is -1.32. The third-order valence-electron chi connectivity index (χ3n) is 5.24. The highest BCUT2D eigenvalue weighted by atomic mass is 19.4. The van der Waals surface area contributed by atoms with Crippen LogP contribution in [0.5, 0.6) is 0 Å². The molecule has 0 spiro atoms. The zero-order valence-electron chi connectivity index (χ0n) is 16.3. The second-order valence-corrected chi connectivity index (χ2v) is 7.08. The van der Waals surface area contributed by atoms with E-state index < -0.39 is 23.6 Å². The molecule has 3 rings (SSSR count). The number of alkyl halides is 3. The minimum atomic E-state index is -4.44. The van der Waals surface area contributed by atoms with Crippen molar-refractivity contribution in [2.24, 2.45) is 5.92 Å². The van der Waals surface area contributed by atoms with Crippen molar-refractivity contribution in [3.8, 4) is 0 Å². The quantitative estimate of drug-likeness (QED) is 0.742. The molecule has 2 atom stereocenters. The molecule has 1 aliphatic carbocycles. The van der Waals surface area contributed by atoms with Crippen molar-refractivity contribution in [3.63, 3.8) is 0 Å². The lowest BCUT2D eigenvalue weighted by Crippen LogP contribution is -2.30. The van der Waals surface area contributed by atoms with Crippen LogP contribution in [0.2, 0.25) is 0 Å². The average molecular weight is 404 g/mol. The van der Waals surface area contributed by atoms with Crippen LogP contribution in [0.25, 0.3) is 0 Å². The third kappa shape index (κ3) is 4.60. The Morgan fingerprint density at radius 3 is 2.24 bits per heavy atom. The van der Waals surface area contributed by atoms with Gasteiger partial charge in [0, 0.05) is 30.3 Å². The highest BCUT2D eigenvalue weighted by Crippen LogP contribution is 2.51. The van der Waals surface area contributed by atoms with Gasteiger partial charge in [-0.1, -0.05) is 18.2 Å². The van der Waals surface area contributed by atoms with Crippen LogP contribution in [0, 0.1) is 5.92 Å². The van der Waals surface area contributed by atoms with Gasteiger partial charge in [0.05, 0.1) is 5.56 Å². The monoisotopic (exact) mass is 404 g/mol. The maximum Gasteiger partial charge on any atom is 0.416 e. The molecule has 2 amide bonds. The molecule has 0 aliphatic heterocycles. The van der Waals surface area contributed by atoms with Crippen LogP contribution in [-0.4, -0.2) is 29.8 Å². The van der Waals surface area contributed by atoms with E-state index in [1.54, 1.807) is 35.2 Å². The van der Waals surface area contributed by atoms with Crippen LogP contribution >= 0.6 is 0 Å². The van der Waals surface area contributed by atoms with Gasteiger partial charge in [0.25, 0.3) is 5.91 Å². The van der Waals surface area contributed by atoms with E-state index in [1.165, 1.54) is 12.1 Å². The lowest BCUT2D eigenvalue weighted by atomic mass is 10.0. The molecule has 1 aliphatic rings. The standard InChI is InChI=1S/C22H23F3N2O2/c1-3-27(4-2)21(29)14-9-11-15(12-10-14)26-20(28)18-13-17(18)16-7-5-6-8-19(16)22(23,24)25/h5-12,17-18H,3-4,13H2,1-2H3,(H,26,28). The second kappa shape index (κ2) is 8.27. The SMILES string of the molecule is CCN(CC)C(=O)c1ccc(NC(=O)C2CC2c2ccccc2C(F)(F)F)cc1. The van der Waals surface area contributed by atoms with Crippen LogP contribution in [-0.2, 0) is 11.0 Å². The normalized spacial score (nSPS) is 18.2. The van der Waals surface area contributed by atoms with Crippen LogP contribution in [0.1, 0.15) is 47.7 Å². The van der Waals surface area contributed by atoms with Gasteiger partial charge in [-0.25, -0.2) is 0 Å². The van der Waals surface area contributed by atoms with Gasteiger partial charge in [-0.2, -0.15) is 13.2 Å². The van der Waals surface area contributed by atoms with Gasteiger partial charge in [-0.3, -0.25) is 9.59 Å². The van der Waals surface area contributed by atoms with Crippen LogP contribution in [0.3, 0.4) is 0 Å². The molecule has 0 aromatic heterocycles. The number of benzene rings is 2. The summed E-state index contributed by atoms with van der Waals surface area (Å²) in [5.41, 5.74) is 0.524. The largest absolute Gasteiger partial charge is 0.416 e. The van der Waals surface area contributed by atoms with Crippen molar-refractivity contribution >= 4 is 17.5 Å². The van der Waals surface area contributed by atoms with E-state index in [0.717, 1.165) is 6.07 Å². The van der Waals surface area contributed by atoms with Crippen molar-refractivity contribution < 1.29 is 22.8 Å². The molecule has 1 saturated carbocycles. The van der Waals surface area contributed by atoms with Gasteiger partial charge in [0.15, 0.2) is 0 Å². The number of nitrogens with zero attached hydrogens (tertiary/aromatic N) is 1. The number of anilines is 1. The average Bonchev–Trinajstić information content (AvgIpc) is 3.50. The van der Waals surface area contributed by atoms with Crippen molar-refractivity contribution in [1.82, 2.24) is 4.90 Å². The van der Waals surface area contributed by atoms with Gasteiger partial charge in [-0.05, 0) is 62.1 Å². The molecule has 2 aromatic rings. The summed E-state index contributed by atoms with van der Waals surface area (Å²) in [6, 6.07) is 11.9. The lowest BCUT2D eigenvalue weighted by molar-refractivity contribution is -0.138. The second-order valence-electron chi connectivity index (χ2n) is 7.08. The summed E-state index contributed by atoms with van der Waals surface area (Å²) < 4.78 is 39.6. The first kappa shape index (κ1) is 20.9. The van der Waals surface area contributed by atoms with Crippen molar-refractivity contribution in [1.29, 1.82) is 0 Å². The number of carbonyl (C=O) groups excluding carboxylic acids is 2. The van der Waals surface area contributed by atoms with Crippen molar-refractivity contribution in [3.05, 3.63) is 65.2 Å². The van der Waals surface area contributed by atoms with E-state index in [1.807, 2.05) is 13.8 Å². The maximum atomic E-state index is 13.2. The Morgan fingerprint density at radius 2 is 1.66 bits per heavy atom. The highest BCUT2D eigenvalue weighted by Gasteiger charge is 2.47. The predicted octanol–water partition coefficient (Wildman–Crippen LogP) is 4.93. The van der Waals surface area contributed by atoms with Crippen LogP contribution in [0.4, 0.5) is 18.9 Å². The number of hydrogen-bond acceptors (Lipinski definition) is 2. The molecule has 154 valence electrons. The summed E-state index contributed by atoms with van der Waals surface area (Å²) in [7, 11) is 0. The summed E-state index contributed by atoms with van der Waals surface area (Å²) in [4.78, 5) is 26.5. The van der Waals surface area contributed by atoms with Gasteiger partial charge in [0.1, 0.15) is 0 Å². The number of rotatable bonds is 6. The number of nitrogens with one attached hydrogen (secondary N) is 1. The smallest absolute Gasteiger partial charge is 0.339 e. The Labute approximate surface area is 167 Å². The first-order valence-corrected chi connectivity index (χ1v) is 9.62. The summed E-state index contributed by atoms with van der Waals surface area (Å²) in [6.45, 7) is 5.02. The Kier molecular flexibility index (Phi) is 5.96. The van der Waals surface area contributed by atoms with E-state index in [4.69, 9.17) is 0 Å². The first-order chi connectivity index (χ1) is 13.8. The van der Waals surface area contributed by atoms with Gasteiger partial charge in [-0.15, -0.1) is 0 Å². The fraction of sp³-hybridized carbons (Fsp3) is 0.364. The van der Waals surface area contributed by atoms with Crippen LogP contribution in [0.15, 0.2) is 48.5 Å². The predicted molar refractivity (Wildman–Crippen MR) is 105 cm³/mol. The molecule has 2 aromatic carbocycles. The van der Waals surface area contributed by atoms with E-state index in [9.17, 15) is 22.8 Å². The number of halogens is 3. The highest BCUT2D eigenvalue weighted by molar-refractivity contribution is 5.97. The van der Waals surface area contributed by atoms with Gasteiger partial charge >= 0.3 is 6.18 Å². The van der Waals surface area contributed by atoms with E-state index in [-0.39, 0.29) is 17.4 Å². The Hall–Kier alpha value is -2.83. The van der Waals surface area contributed by atoms with E-state index in [2.05, 4.69) is 5.32 Å². The maximum absolute atomic E-state index is 13.2. The molecule has 1 fully saturated rings. The molecule has 0 saturated heterocycles. The minimum absolute atomic E-state index is 0.0844. The molecule has 0 bridgehead atoms. The summed E-state index contributed by atoms with van der Waals surface area (Å²) >= 11 is 0. The van der Waals surface area contributed by atoms with Crippen LogP contribution < -0.4 is 5.32 Å². The molecule has 7 heteroatoms. The Bertz CT molecular complexity index is 890. The minimum Gasteiger partial charge on any atom is -0.339 e. The fourth-order valence-electron chi connectivity index (χ4n) is 3.53. The first-order valence-electron chi connectivity index (χ1n) is 9.62. The van der Waals surface area contributed by atoms with E-state index >= 15 is 0 Å². The zero-order valence-corrected chi connectivity index (χ0v) is 16.3. The molecule has 4 nitrogen and oxygen atoms in total. The molecule has 0 radical (unpaired) electrons. The molecule has 1 N–H and O–H groups in total. The molecule has 2 unspecified atom stereocenters. The molecular formula is C22H23F3N2O2. The summed E-state index contributed by atoms with van der Waals surface area (Å²) in [5, 5.41) is 2.74. The molecule has 0 heterocycles. The summed E-state index contributed by atoms with van der Waals surface area (Å²) in [6.07, 6.45) is -4.05. The number of carbonyl (C=O) groups is 2. The van der Waals surface area contributed by atoms with E-state index in [0.29, 0.717) is 30.8 Å². The van der Waals surface area contributed by atoms with Gasteiger partial charge < -0.3 is 10.2 Å². The number of hydrogen-bond donors (Lipinski definition) is 1. The molecule has 29 heavy (non-hydrogen) atoms. The van der Waals surface area contributed by atoms with Gasteiger partial charge in [0.2, 0.25) is 5.91 Å². The van der Waals surface area contributed by atoms with Crippen molar-refractivity contribution in [2.45, 2.75) is 32.4 Å². The molecular weight excluding hydrogens is 381 g/mol. The third-order valence-corrected chi connectivity index (χ3v) is 5.24. The Balaban J connectivity index is 1.65. The lowest BCUT2D eigenvalue weighted by Gasteiger charge is -2.18.